The number of ether oxygens (including phenoxy) is 2. The molecule has 1 aromatic carbocycles. The highest BCUT2D eigenvalue weighted by atomic mass is 32.2. The van der Waals surface area contributed by atoms with E-state index in [1.807, 2.05) is 12.1 Å². The average molecular weight is 390 g/mol. The number of carbonyl (C=O) groups is 1. The third-order valence-electron chi connectivity index (χ3n) is 4.30. The van der Waals surface area contributed by atoms with Crippen molar-refractivity contribution >= 4 is 15.7 Å². The van der Waals surface area contributed by atoms with Gasteiger partial charge in [0.1, 0.15) is 13.2 Å². The number of rotatable bonds is 7. The van der Waals surface area contributed by atoms with Crippen LogP contribution in [0.3, 0.4) is 0 Å². The predicted octanol–water partition coefficient (Wildman–Crippen LogP) is 2.63. The number of amides is 1. The minimum Gasteiger partial charge on any atom is -0.486 e. The van der Waals surface area contributed by atoms with Gasteiger partial charge in [0, 0.05) is 18.0 Å². The van der Waals surface area contributed by atoms with E-state index in [-0.39, 0.29) is 33.8 Å². The molecule has 1 aliphatic rings. The number of aromatic nitrogens is 1. The average Bonchev–Trinajstić information content (AvgIpc) is 3.21. The minimum atomic E-state index is -3.51. The van der Waals surface area contributed by atoms with Crippen LogP contribution in [0.4, 0.5) is 0 Å². The fourth-order valence-electron chi connectivity index (χ4n) is 2.87. The second-order valence-corrected chi connectivity index (χ2v) is 8.35. The third kappa shape index (κ3) is 4.00. The van der Waals surface area contributed by atoms with Crippen LogP contribution in [0.25, 0.3) is 0 Å². The highest BCUT2D eigenvalue weighted by molar-refractivity contribution is 7.91. The van der Waals surface area contributed by atoms with Crippen LogP contribution in [0.2, 0.25) is 0 Å². The lowest BCUT2D eigenvalue weighted by molar-refractivity contribution is 0.0924. The summed E-state index contributed by atoms with van der Waals surface area (Å²) in [6, 6.07) is 6.14. The Kier molecular flexibility index (Phi) is 5.55. The SMILES string of the molecule is C=CCC(NC(=O)c1cc(S(=O)(=O)CC)cc2c1OCCO2)c1ccc[nH]1. The Hall–Kier alpha value is -2.74. The second kappa shape index (κ2) is 7.87. The van der Waals surface area contributed by atoms with Crippen molar-refractivity contribution in [3.05, 3.63) is 54.4 Å². The van der Waals surface area contributed by atoms with Gasteiger partial charge in [0.05, 0.1) is 22.3 Å². The Bertz CT molecular complexity index is 935. The Balaban J connectivity index is 2.00. The molecule has 0 fully saturated rings. The van der Waals surface area contributed by atoms with Crippen molar-refractivity contribution in [2.24, 2.45) is 0 Å². The van der Waals surface area contributed by atoms with E-state index in [9.17, 15) is 13.2 Å². The fraction of sp³-hybridized carbons (Fsp3) is 0.316. The van der Waals surface area contributed by atoms with Gasteiger partial charge in [0.2, 0.25) is 0 Å². The van der Waals surface area contributed by atoms with Gasteiger partial charge in [0.15, 0.2) is 21.3 Å². The minimum absolute atomic E-state index is 0.0412. The van der Waals surface area contributed by atoms with E-state index in [2.05, 4.69) is 16.9 Å². The summed E-state index contributed by atoms with van der Waals surface area (Å²) in [5.41, 5.74) is 0.964. The highest BCUT2D eigenvalue weighted by Gasteiger charge is 2.27. The summed E-state index contributed by atoms with van der Waals surface area (Å²) in [4.78, 5) is 16.1. The van der Waals surface area contributed by atoms with Crippen molar-refractivity contribution < 1.29 is 22.7 Å². The molecule has 0 bridgehead atoms. The third-order valence-corrected chi connectivity index (χ3v) is 6.02. The van der Waals surface area contributed by atoms with Crippen molar-refractivity contribution in [3.63, 3.8) is 0 Å². The van der Waals surface area contributed by atoms with Crippen LogP contribution in [0.1, 0.15) is 35.4 Å². The summed E-state index contributed by atoms with van der Waals surface area (Å²) >= 11 is 0. The summed E-state index contributed by atoms with van der Waals surface area (Å²) in [5, 5.41) is 2.91. The van der Waals surface area contributed by atoms with Crippen molar-refractivity contribution in [3.8, 4) is 11.5 Å². The largest absolute Gasteiger partial charge is 0.486 e. The van der Waals surface area contributed by atoms with E-state index in [0.29, 0.717) is 19.6 Å². The predicted molar refractivity (Wildman–Crippen MR) is 101 cm³/mol. The zero-order valence-corrected chi connectivity index (χ0v) is 15.8. The van der Waals surface area contributed by atoms with E-state index >= 15 is 0 Å². The number of carbonyl (C=O) groups excluding carboxylic acids is 1. The molecule has 7 nitrogen and oxygen atoms in total. The van der Waals surface area contributed by atoms with Gasteiger partial charge in [-0.05, 0) is 24.6 Å². The lowest BCUT2D eigenvalue weighted by atomic mass is 10.1. The maximum absolute atomic E-state index is 13.0. The molecule has 1 atom stereocenters. The van der Waals surface area contributed by atoms with Gasteiger partial charge in [-0.1, -0.05) is 13.0 Å². The van der Waals surface area contributed by atoms with Crippen LogP contribution in [0, 0.1) is 0 Å². The van der Waals surface area contributed by atoms with Crippen LogP contribution < -0.4 is 14.8 Å². The molecule has 1 aliphatic heterocycles. The zero-order valence-electron chi connectivity index (χ0n) is 15.0. The lowest BCUT2D eigenvalue weighted by Gasteiger charge is -2.23. The van der Waals surface area contributed by atoms with Gasteiger partial charge < -0.3 is 19.8 Å². The smallest absolute Gasteiger partial charge is 0.255 e. The first kappa shape index (κ1) is 19.0. The van der Waals surface area contributed by atoms with Crippen LogP contribution in [-0.2, 0) is 9.84 Å². The van der Waals surface area contributed by atoms with Crippen molar-refractivity contribution in [1.29, 1.82) is 0 Å². The molecule has 1 aromatic heterocycles. The van der Waals surface area contributed by atoms with E-state index in [1.54, 1.807) is 19.2 Å². The summed E-state index contributed by atoms with van der Waals surface area (Å²) in [5.74, 6) is 0.0139. The number of aromatic amines is 1. The maximum Gasteiger partial charge on any atom is 0.255 e. The summed E-state index contributed by atoms with van der Waals surface area (Å²) in [6.45, 7) is 5.87. The number of benzene rings is 1. The molecule has 0 saturated carbocycles. The van der Waals surface area contributed by atoms with Crippen molar-refractivity contribution in [2.75, 3.05) is 19.0 Å². The molecule has 2 N–H and O–H groups in total. The zero-order chi connectivity index (χ0) is 19.4. The fourth-order valence-corrected chi connectivity index (χ4v) is 3.79. The van der Waals surface area contributed by atoms with Gasteiger partial charge in [-0.25, -0.2) is 8.42 Å². The summed E-state index contributed by atoms with van der Waals surface area (Å²) in [7, 11) is -3.51. The van der Waals surface area contributed by atoms with Crippen molar-refractivity contribution in [2.45, 2.75) is 24.3 Å². The molecule has 2 aromatic rings. The normalized spacial score (nSPS) is 14.4. The number of sulfone groups is 1. The Morgan fingerprint density at radius 3 is 2.81 bits per heavy atom. The lowest BCUT2D eigenvalue weighted by Crippen LogP contribution is -2.30. The molecular weight excluding hydrogens is 368 g/mol. The van der Waals surface area contributed by atoms with Crippen LogP contribution in [0.5, 0.6) is 11.5 Å². The monoisotopic (exact) mass is 390 g/mol. The van der Waals surface area contributed by atoms with Crippen LogP contribution in [0.15, 0.2) is 48.0 Å². The summed E-state index contributed by atoms with van der Waals surface area (Å²) in [6.07, 6.45) is 3.99. The number of hydrogen-bond acceptors (Lipinski definition) is 5. The van der Waals surface area contributed by atoms with Crippen molar-refractivity contribution in [1.82, 2.24) is 10.3 Å². The van der Waals surface area contributed by atoms with Gasteiger partial charge >= 0.3 is 0 Å². The number of hydrogen-bond donors (Lipinski definition) is 2. The van der Waals surface area contributed by atoms with Crippen LogP contribution >= 0.6 is 0 Å². The van der Waals surface area contributed by atoms with E-state index < -0.39 is 15.7 Å². The molecule has 1 unspecified atom stereocenters. The number of fused-ring (bicyclic) bond motifs is 1. The van der Waals surface area contributed by atoms with E-state index in [1.165, 1.54) is 12.1 Å². The van der Waals surface area contributed by atoms with E-state index in [4.69, 9.17) is 9.47 Å². The maximum atomic E-state index is 13.0. The van der Waals surface area contributed by atoms with E-state index in [0.717, 1.165) is 5.69 Å². The second-order valence-electron chi connectivity index (χ2n) is 6.07. The number of H-pyrrole nitrogens is 1. The molecule has 3 rings (SSSR count). The van der Waals surface area contributed by atoms with Gasteiger partial charge in [-0.15, -0.1) is 6.58 Å². The Morgan fingerprint density at radius 1 is 1.37 bits per heavy atom. The molecule has 0 radical (unpaired) electrons. The van der Waals surface area contributed by atoms with Gasteiger partial charge in [0.25, 0.3) is 5.91 Å². The first-order chi connectivity index (χ1) is 13.0. The quantitative estimate of drug-likeness (QED) is 0.709. The molecule has 0 saturated heterocycles. The number of nitrogens with one attached hydrogen (secondary N) is 2. The molecule has 0 spiro atoms. The standard InChI is InChI=1S/C19H22N2O5S/c1-3-6-16(15-7-5-8-20-15)21-19(22)14-11-13(27(23,24)4-2)12-17-18(14)26-10-9-25-17/h3,5,7-8,11-12,16,20H,1,4,6,9-10H2,2H3,(H,21,22). The highest BCUT2D eigenvalue weighted by Crippen LogP contribution is 2.37. The molecule has 144 valence electrons. The van der Waals surface area contributed by atoms with Gasteiger partial charge in [-0.2, -0.15) is 0 Å². The molecular formula is C19H22N2O5S. The molecule has 1 amide bonds. The topological polar surface area (TPSA) is 97.5 Å². The molecule has 8 heteroatoms. The Morgan fingerprint density at radius 2 is 2.15 bits per heavy atom. The molecule has 0 aliphatic carbocycles. The van der Waals surface area contributed by atoms with Crippen LogP contribution in [-0.4, -0.2) is 38.3 Å². The van der Waals surface area contributed by atoms with Gasteiger partial charge in [-0.3, -0.25) is 4.79 Å². The summed E-state index contributed by atoms with van der Waals surface area (Å²) < 4.78 is 35.8. The Labute approximate surface area is 158 Å². The molecule has 27 heavy (non-hydrogen) atoms. The molecule has 2 heterocycles. The first-order valence-corrected chi connectivity index (χ1v) is 10.3. The first-order valence-electron chi connectivity index (χ1n) is 8.67.